The highest BCUT2D eigenvalue weighted by atomic mass is 16.5. The van der Waals surface area contributed by atoms with Crippen molar-refractivity contribution in [2.24, 2.45) is 11.5 Å². The van der Waals surface area contributed by atoms with Gasteiger partial charge in [-0.1, -0.05) is 0 Å². The Labute approximate surface area is 110 Å². The molecule has 1 rings (SSSR count). The van der Waals surface area contributed by atoms with Gasteiger partial charge >= 0.3 is 0 Å². The van der Waals surface area contributed by atoms with Crippen LogP contribution in [0.1, 0.15) is 40.0 Å². The number of nitrogens with two attached hydrogens (primary N) is 2. The summed E-state index contributed by atoms with van der Waals surface area (Å²) in [4.78, 5) is 13.5. The van der Waals surface area contributed by atoms with Crippen LogP contribution < -0.4 is 11.5 Å². The van der Waals surface area contributed by atoms with Crippen LogP contribution in [0.25, 0.3) is 0 Å². The summed E-state index contributed by atoms with van der Waals surface area (Å²) in [5, 5.41) is 0. The van der Waals surface area contributed by atoms with Crippen molar-refractivity contribution >= 4 is 5.91 Å². The van der Waals surface area contributed by atoms with Gasteiger partial charge in [-0.15, -0.1) is 0 Å². The predicted octanol–water partition coefficient (Wildman–Crippen LogP) is 0.469. The average Bonchev–Trinajstić information content (AvgIpc) is 2.28. The number of ether oxygens (including phenoxy) is 1. The molecule has 0 aliphatic carbocycles. The van der Waals surface area contributed by atoms with E-state index in [1.165, 1.54) is 0 Å². The van der Waals surface area contributed by atoms with Gasteiger partial charge in [-0.25, -0.2) is 0 Å². The minimum absolute atomic E-state index is 0.312. The molecule has 1 saturated heterocycles. The molecule has 1 amide bonds. The minimum Gasteiger partial charge on any atom is -0.376 e. The molecule has 0 aromatic heterocycles. The van der Waals surface area contributed by atoms with E-state index in [0.29, 0.717) is 18.6 Å². The maximum absolute atomic E-state index is 11.1. The second-order valence-corrected chi connectivity index (χ2v) is 5.73. The standard InChI is InChI=1S/C13H27N3O2/c1-10-9-18-11(2)8-16(10)7-5-4-6-13(3,15)12(14)17/h10-11H,4-9,15H2,1-3H3,(H2,14,17). The van der Waals surface area contributed by atoms with E-state index in [4.69, 9.17) is 16.2 Å². The lowest BCUT2D eigenvalue weighted by molar-refractivity contribution is -0.122. The Balaban J connectivity index is 2.23. The number of hydrogen-bond donors (Lipinski definition) is 2. The van der Waals surface area contributed by atoms with Gasteiger partial charge in [0.25, 0.3) is 0 Å². The van der Waals surface area contributed by atoms with Crippen LogP contribution in [0.4, 0.5) is 0 Å². The molecule has 4 N–H and O–H groups in total. The van der Waals surface area contributed by atoms with E-state index in [2.05, 4.69) is 18.7 Å². The molecule has 0 bridgehead atoms. The topological polar surface area (TPSA) is 81.6 Å². The third-order valence-electron chi connectivity index (χ3n) is 3.69. The van der Waals surface area contributed by atoms with Gasteiger partial charge in [0.05, 0.1) is 18.2 Å². The Bertz CT molecular complexity index is 281. The molecule has 0 saturated carbocycles. The summed E-state index contributed by atoms with van der Waals surface area (Å²) < 4.78 is 5.59. The van der Waals surface area contributed by atoms with Crippen LogP contribution in [0.15, 0.2) is 0 Å². The molecule has 1 fully saturated rings. The van der Waals surface area contributed by atoms with Gasteiger partial charge in [0, 0.05) is 12.6 Å². The first-order chi connectivity index (χ1) is 8.33. The summed E-state index contributed by atoms with van der Waals surface area (Å²) in [5.41, 5.74) is 10.2. The molecule has 3 atom stereocenters. The predicted molar refractivity (Wildman–Crippen MR) is 72.1 cm³/mol. The summed E-state index contributed by atoms with van der Waals surface area (Å²) in [5.74, 6) is -0.420. The number of primary amides is 1. The van der Waals surface area contributed by atoms with Crippen molar-refractivity contribution in [1.82, 2.24) is 4.90 Å². The highest BCUT2D eigenvalue weighted by molar-refractivity contribution is 5.83. The molecule has 0 spiro atoms. The maximum atomic E-state index is 11.1. The molecule has 106 valence electrons. The summed E-state index contributed by atoms with van der Waals surface area (Å²) >= 11 is 0. The van der Waals surface area contributed by atoms with Crippen LogP contribution in [-0.4, -0.2) is 48.2 Å². The van der Waals surface area contributed by atoms with E-state index >= 15 is 0 Å². The summed E-state index contributed by atoms with van der Waals surface area (Å²) in [6.45, 7) is 8.80. The van der Waals surface area contributed by atoms with Gasteiger partial charge in [0.2, 0.25) is 5.91 Å². The SMILES string of the molecule is CC1CN(CCCCC(C)(N)C(N)=O)C(C)CO1. The highest BCUT2D eigenvalue weighted by Gasteiger charge is 2.26. The van der Waals surface area contributed by atoms with Gasteiger partial charge in [-0.3, -0.25) is 9.69 Å². The van der Waals surface area contributed by atoms with Crippen LogP contribution in [0.3, 0.4) is 0 Å². The van der Waals surface area contributed by atoms with Crippen LogP contribution in [-0.2, 0) is 9.53 Å². The summed E-state index contributed by atoms with van der Waals surface area (Å²) in [7, 11) is 0. The van der Waals surface area contributed by atoms with Gasteiger partial charge in [0.15, 0.2) is 0 Å². The molecule has 5 nitrogen and oxygen atoms in total. The molecule has 3 unspecified atom stereocenters. The average molecular weight is 257 g/mol. The van der Waals surface area contributed by atoms with E-state index in [1.54, 1.807) is 6.92 Å². The monoisotopic (exact) mass is 257 g/mol. The first-order valence-electron chi connectivity index (χ1n) is 6.77. The van der Waals surface area contributed by atoms with Crippen molar-refractivity contribution in [1.29, 1.82) is 0 Å². The Morgan fingerprint density at radius 2 is 2.11 bits per heavy atom. The van der Waals surface area contributed by atoms with Gasteiger partial charge in [-0.05, 0) is 46.6 Å². The van der Waals surface area contributed by atoms with Crippen LogP contribution in [0.5, 0.6) is 0 Å². The summed E-state index contributed by atoms with van der Waals surface area (Å²) in [6.07, 6.45) is 2.92. The molecular formula is C13H27N3O2. The number of nitrogens with zero attached hydrogens (tertiary/aromatic N) is 1. The fourth-order valence-electron chi connectivity index (χ4n) is 2.21. The van der Waals surface area contributed by atoms with E-state index in [1.807, 2.05) is 0 Å². The normalized spacial score (nSPS) is 28.9. The molecule has 1 aliphatic rings. The number of carbonyl (C=O) groups excluding carboxylic acids is 1. The number of rotatable bonds is 6. The van der Waals surface area contributed by atoms with Crippen LogP contribution in [0, 0.1) is 0 Å². The molecule has 18 heavy (non-hydrogen) atoms. The molecule has 1 aliphatic heterocycles. The smallest absolute Gasteiger partial charge is 0.237 e. The highest BCUT2D eigenvalue weighted by Crippen LogP contribution is 2.14. The quantitative estimate of drug-likeness (QED) is 0.678. The van der Waals surface area contributed by atoms with E-state index in [-0.39, 0.29) is 0 Å². The van der Waals surface area contributed by atoms with Gasteiger partial charge < -0.3 is 16.2 Å². The molecule has 0 aromatic carbocycles. The van der Waals surface area contributed by atoms with Crippen molar-refractivity contribution in [2.75, 3.05) is 19.7 Å². The number of hydrogen-bond acceptors (Lipinski definition) is 4. The lowest BCUT2D eigenvalue weighted by Crippen LogP contribution is -2.49. The Morgan fingerprint density at radius 1 is 1.44 bits per heavy atom. The zero-order chi connectivity index (χ0) is 13.8. The van der Waals surface area contributed by atoms with Gasteiger partial charge in [0.1, 0.15) is 0 Å². The van der Waals surface area contributed by atoms with Crippen molar-refractivity contribution in [3.8, 4) is 0 Å². The van der Waals surface area contributed by atoms with Crippen molar-refractivity contribution < 1.29 is 9.53 Å². The third kappa shape index (κ3) is 4.55. The van der Waals surface area contributed by atoms with E-state index in [9.17, 15) is 4.79 Å². The zero-order valence-corrected chi connectivity index (χ0v) is 11.8. The first kappa shape index (κ1) is 15.4. The van der Waals surface area contributed by atoms with E-state index in [0.717, 1.165) is 32.5 Å². The third-order valence-corrected chi connectivity index (χ3v) is 3.69. The van der Waals surface area contributed by atoms with Crippen LogP contribution >= 0.6 is 0 Å². The Morgan fingerprint density at radius 3 is 2.72 bits per heavy atom. The fourth-order valence-corrected chi connectivity index (χ4v) is 2.21. The number of unbranched alkanes of at least 4 members (excludes halogenated alkanes) is 1. The number of morpholine rings is 1. The van der Waals surface area contributed by atoms with Crippen molar-refractivity contribution in [3.63, 3.8) is 0 Å². The maximum Gasteiger partial charge on any atom is 0.237 e. The number of amides is 1. The Hall–Kier alpha value is -0.650. The first-order valence-corrected chi connectivity index (χ1v) is 6.77. The largest absolute Gasteiger partial charge is 0.376 e. The minimum atomic E-state index is -0.871. The van der Waals surface area contributed by atoms with Crippen molar-refractivity contribution in [3.05, 3.63) is 0 Å². The zero-order valence-electron chi connectivity index (χ0n) is 11.8. The van der Waals surface area contributed by atoms with Crippen molar-refractivity contribution in [2.45, 2.75) is 57.7 Å². The van der Waals surface area contributed by atoms with Crippen LogP contribution in [0.2, 0.25) is 0 Å². The van der Waals surface area contributed by atoms with E-state index < -0.39 is 11.4 Å². The Kier molecular flexibility index (Phi) is 5.56. The summed E-state index contributed by atoms with van der Waals surface area (Å²) in [6, 6.07) is 0.474. The fraction of sp³-hybridized carbons (Fsp3) is 0.923. The molecule has 0 radical (unpaired) electrons. The number of carbonyl (C=O) groups is 1. The lowest BCUT2D eigenvalue weighted by Gasteiger charge is -2.36. The van der Waals surface area contributed by atoms with Gasteiger partial charge in [-0.2, -0.15) is 0 Å². The second-order valence-electron chi connectivity index (χ2n) is 5.73. The second kappa shape index (κ2) is 6.50. The lowest BCUT2D eigenvalue weighted by atomic mass is 9.95. The molecular weight excluding hydrogens is 230 g/mol. The molecule has 1 heterocycles. The molecule has 5 heteroatoms. The molecule has 0 aromatic rings.